The summed E-state index contributed by atoms with van der Waals surface area (Å²) < 4.78 is 13.7. The van der Waals surface area contributed by atoms with Gasteiger partial charge < -0.3 is 10.2 Å². The molecule has 2 rings (SSSR count). The van der Waals surface area contributed by atoms with Gasteiger partial charge in [-0.1, -0.05) is 29.8 Å². The molecule has 0 fully saturated rings. The highest BCUT2D eigenvalue weighted by Crippen LogP contribution is 2.27. The van der Waals surface area contributed by atoms with Gasteiger partial charge in [0.2, 0.25) is 0 Å². The molecule has 0 heterocycles. The smallest absolute Gasteiger partial charge is 0.336 e. The van der Waals surface area contributed by atoms with Crippen molar-refractivity contribution in [1.29, 1.82) is 0 Å². The predicted octanol–water partition coefficient (Wildman–Crippen LogP) is 3.81. The highest BCUT2D eigenvalue weighted by Gasteiger charge is 2.14. The van der Waals surface area contributed by atoms with Gasteiger partial charge in [-0.15, -0.1) is 0 Å². The Labute approximate surface area is 119 Å². The summed E-state index contributed by atoms with van der Waals surface area (Å²) in [6.07, 6.45) is 1.15. The van der Waals surface area contributed by atoms with Crippen molar-refractivity contribution in [2.75, 3.05) is 0 Å². The Bertz CT molecular complexity index is 675. The third-order valence-electron chi connectivity index (χ3n) is 2.68. The molecule has 0 amide bonds. The number of benzene rings is 2. The first-order valence-corrected chi connectivity index (χ1v) is 6.05. The van der Waals surface area contributed by atoms with Crippen molar-refractivity contribution in [3.63, 3.8) is 0 Å². The second-order valence-electron chi connectivity index (χ2n) is 4.05. The SMILES string of the molecule is O=C(O)/C(=C\c1c(F)cccc1Cl)c1cccc(O)c1. The lowest BCUT2D eigenvalue weighted by Gasteiger charge is -2.06. The molecule has 2 aromatic rings. The van der Waals surface area contributed by atoms with E-state index in [9.17, 15) is 19.4 Å². The maximum atomic E-state index is 13.7. The van der Waals surface area contributed by atoms with E-state index in [2.05, 4.69) is 0 Å². The van der Waals surface area contributed by atoms with E-state index in [-0.39, 0.29) is 27.5 Å². The summed E-state index contributed by atoms with van der Waals surface area (Å²) in [6.45, 7) is 0. The first-order valence-electron chi connectivity index (χ1n) is 5.67. The van der Waals surface area contributed by atoms with Crippen LogP contribution in [0.2, 0.25) is 5.02 Å². The second-order valence-corrected chi connectivity index (χ2v) is 4.46. The van der Waals surface area contributed by atoms with E-state index in [1.807, 2.05) is 0 Å². The van der Waals surface area contributed by atoms with Crippen LogP contribution < -0.4 is 0 Å². The first kappa shape index (κ1) is 14.1. The molecule has 2 aromatic carbocycles. The van der Waals surface area contributed by atoms with Crippen LogP contribution in [-0.2, 0) is 4.79 Å². The Morgan fingerprint density at radius 3 is 2.50 bits per heavy atom. The molecule has 3 nitrogen and oxygen atoms in total. The minimum atomic E-state index is -1.24. The summed E-state index contributed by atoms with van der Waals surface area (Å²) in [7, 11) is 0. The summed E-state index contributed by atoms with van der Waals surface area (Å²) >= 11 is 5.87. The van der Waals surface area contributed by atoms with Gasteiger partial charge in [-0.3, -0.25) is 0 Å². The van der Waals surface area contributed by atoms with Crippen LogP contribution in [0.3, 0.4) is 0 Å². The van der Waals surface area contributed by atoms with E-state index in [0.717, 1.165) is 6.08 Å². The van der Waals surface area contributed by atoms with Crippen LogP contribution in [0.25, 0.3) is 11.6 Å². The van der Waals surface area contributed by atoms with Gasteiger partial charge in [0.05, 0.1) is 10.6 Å². The number of phenols is 1. The molecule has 0 aliphatic carbocycles. The standard InChI is InChI=1S/C15H10ClFO3/c16-13-5-2-6-14(17)12(13)8-11(15(19)20)9-3-1-4-10(18)7-9/h1-8,18H,(H,19,20)/b11-8-. The number of aromatic hydroxyl groups is 1. The molecule has 0 atom stereocenters. The third-order valence-corrected chi connectivity index (χ3v) is 3.01. The van der Waals surface area contributed by atoms with E-state index >= 15 is 0 Å². The van der Waals surface area contributed by atoms with Crippen LogP contribution in [-0.4, -0.2) is 16.2 Å². The van der Waals surface area contributed by atoms with Gasteiger partial charge in [-0.05, 0) is 35.9 Å². The van der Waals surface area contributed by atoms with E-state index in [1.165, 1.54) is 42.5 Å². The van der Waals surface area contributed by atoms with Crippen molar-refractivity contribution in [1.82, 2.24) is 0 Å². The lowest BCUT2D eigenvalue weighted by molar-refractivity contribution is -0.130. The lowest BCUT2D eigenvalue weighted by atomic mass is 10.0. The lowest BCUT2D eigenvalue weighted by Crippen LogP contribution is -2.00. The van der Waals surface area contributed by atoms with Gasteiger partial charge >= 0.3 is 5.97 Å². The fourth-order valence-corrected chi connectivity index (χ4v) is 1.95. The summed E-state index contributed by atoms with van der Waals surface area (Å²) in [5.41, 5.74) is 0.0969. The predicted molar refractivity (Wildman–Crippen MR) is 75.0 cm³/mol. The minimum Gasteiger partial charge on any atom is -0.508 e. The highest BCUT2D eigenvalue weighted by atomic mass is 35.5. The number of hydrogen-bond donors (Lipinski definition) is 2. The molecule has 0 saturated carbocycles. The quantitative estimate of drug-likeness (QED) is 0.668. The highest BCUT2D eigenvalue weighted by molar-refractivity contribution is 6.33. The molecule has 5 heteroatoms. The molecule has 0 bridgehead atoms. The van der Waals surface area contributed by atoms with Gasteiger partial charge in [0.1, 0.15) is 11.6 Å². The maximum absolute atomic E-state index is 13.7. The molecule has 0 spiro atoms. The topological polar surface area (TPSA) is 57.5 Å². The zero-order chi connectivity index (χ0) is 14.7. The van der Waals surface area contributed by atoms with Gasteiger partial charge in [0.15, 0.2) is 0 Å². The molecular formula is C15H10ClFO3. The maximum Gasteiger partial charge on any atom is 0.336 e. The third kappa shape index (κ3) is 2.97. The van der Waals surface area contributed by atoms with Crippen LogP contribution in [0.15, 0.2) is 42.5 Å². The molecule has 102 valence electrons. The van der Waals surface area contributed by atoms with Gasteiger partial charge in [-0.25, -0.2) is 9.18 Å². The molecule has 0 saturated heterocycles. The van der Waals surface area contributed by atoms with Gasteiger partial charge in [0, 0.05) is 5.56 Å². The molecule has 0 aliphatic rings. The fraction of sp³-hybridized carbons (Fsp3) is 0. The Morgan fingerprint density at radius 2 is 1.90 bits per heavy atom. The van der Waals surface area contributed by atoms with Gasteiger partial charge in [0.25, 0.3) is 0 Å². The number of carboxylic acids is 1. The summed E-state index contributed by atoms with van der Waals surface area (Å²) in [4.78, 5) is 11.3. The van der Waals surface area contributed by atoms with E-state index in [1.54, 1.807) is 0 Å². The minimum absolute atomic E-state index is 0.00471. The van der Waals surface area contributed by atoms with E-state index < -0.39 is 11.8 Å². The van der Waals surface area contributed by atoms with Crippen molar-refractivity contribution >= 4 is 29.2 Å². The van der Waals surface area contributed by atoms with Crippen LogP contribution >= 0.6 is 11.6 Å². The zero-order valence-corrected chi connectivity index (χ0v) is 10.9. The molecule has 0 unspecified atom stereocenters. The van der Waals surface area contributed by atoms with Crippen LogP contribution in [0.1, 0.15) is 11.1 Å². The van der Waals surface area contributed by atoms with Crippen molar-refractivity contribution in [2.45, 2.75) is 0 Å². The normalized spacial score (nSPS) is 11.4. The van der Waals surface area contributed by atoms with Gasteiger partial charge in [-0.2, -0.15) is 0 Å². The Balaban J connectivity index is 2.60. The van der Waals surface area contributed by atoms with Crippen LogP contribution in [0.5, 0.6) is 5.75 Å². The molecule has 0 aromatic heterocycles. The number of rotatable bonds is 3. The fourth-order valence-electron chi connectivity index (χ4n) is 1.73. The molecular weight excluding hydrogens is 283 g/mol. The number of hydrogen-bond acceptors (Lipinski definition) is 2. The monoisotopic (exact) mass is 292 g/mol. The van der Waals surface area contributed by atoms with Crippen LogP contribution in [0, 0.1) is 5.82 Å². The zero-order valence-electron chi connectivity index (χ0n) is 10.2. The average molecular weight is 293 g/mol. The summed E-state index contributed by atoms with van der Waals surface area (Å²) in [5, 5.41) is 18.8. The van der Waals surface area contributed by atoms with Crippen molar-refractivity contribution < 1.29 is 19.4 Å². The number of carboxylic acid groups (broad SMARTS) is 1. The molecule has 20 heavy (non-hydrogen) atoms. The first-order chi connectivity index (χ1) is 9.49. The number of halogens is 2. The Morgan fingerprint density at radius 1 is 1.20 bits per heavy atom. The average Bonchev–Trinajstić information content (AvgIpc) is 2.38. The number of aliphatic carboxylic acids is 1. The second kappa shape index (κ2) is 5.75. The van der Waals surface area contributed by atoms with Crippen molar-refractivity contribution in [3.8, 4) is 5.75 Å². The number of carbonyl (C=O) groups is 1. The molecule has 0 aliphatic heterocycles. The summed E-state index contributed by atoms with van der Waals surface area (Å²) in [5.74, 6) is -1.93. The van der Waals surface area contributed by atoms with Crippen molar-refractivity contribution in [2.24, 2.45) is 0 Å². The van der Waals surface area contributed by atoms with Crippen molar-refractivity contribution in [3.05, 3.63) is 64.4 Å². The Hall–Kier alpha value is -2.33. The largest absolute Gasteiger partial charge is 0.508 e. The number of phenolic OH excluding ortho intramolecular Hbond substituents is 1. The summed E-state index contributed by atoms with van der Waals surface area (Å²) in [6, 6.07) is 9.81. The Kier molecular flexibility index (Phi) is 4.05. The molecule has 0 radical (unpaired) electrons. The van der Waals surface area contributed by atoms with E-state index in [4.69, 9.17) is 11.6 Å². The van der Waals surface area contributed by atoms with E-state index in [0.29, 0.717) is 0 Å². The molecule has 2 N–H and O–H groups in total. The van der Waals surface area contributed by atoms with Crippen LogP contribution in [0.4, 0.5) is 4.39 Å².